The summed E-state index contributed by atoms with van der Waals surface area (Å²) in [5.41, 5.74) is 1.00. The number of hydrogen-bond donors (Lipinski definition) is 2. The maximum atomic E-state index is 5.08. The molecule has 0 unspecified atom stereocenters. The van der Waals surface area contributed by atoms with E-state index in [0.29, 0.717) is 4.77 Å². The lowest BCUT2D eigenvalue weighted by Gasteiger charge is -2.07. The van der Waals surface area contributed by atoms with Crippen LogP contribution in [0.5, 0.6) is 0 Å². The van der Waals surface area contributed by atoms with Crippen molar-refractivity contribution in [3.8, 4) is 0 Å². The van der Waals surface area contributed by atoms with Crippen molar-refractivity contribution in [3.05, 3.63) is 41.7 Å². The quantitative estimate of drug-likeness (QED) is 0.482. The first-order valence-corrected chi connectivity index (χ1v) is 5.56. The molecule has 0 spiro atoms. The summed E-state index contributed by atoms with van der Waals surface area (Å²) < 4.78 is 0.500. The van der Waals surface area contributed by atoms with Crippen LogP contribution in [-0.4, -0.2) is 16.5 Å². The number of nitrogens with one attached hydrogen (secondary N) is 2. The van der Waals surface area contributed by atoms with Gasteiger partial charge >= 0.3 is 0 Å². The van der Waals surface area contributed by atoms with E-state index in [9.17, 15) is 0 Å². The Morgan fingerprint density at radius 3 is 3.06 bits per heavy atom. The molecule has 0 aliphatic rings. The number of para-hydroxylation sites is 1. The average Bonchev–Trinajstić information content (AvgIpc) is 2.29. The molecule has 0 saturated carbocycles. The zero-order valence-corrected chi connectivity index (χ0v) is 9.68. The molecule has 2 aromatic rings. The number of nitrogens with zero attached hydrogens (tertiary/aromatic N) is 1. The van der Waals surface area contributed by atoms with Gasteiger partial charge in [0, 0.05) is 11.9 Å². The number of rotatable bonds is 4. The molecular formula is C12H13N3S. The number of aromatic amines is 1. The lowest BCUT2D eigenvalue weighted by molar-refractivity contribution is 1.04. The molecule has 2 rings (SSSR count). The van der Waals surface area contributed by atoms with E-state index in [1.54, 1.807) is 0 Å². The maximum Gasteiger partial charge on any atom is 0.199 e. The molecule has 82 valence electrons. The molecule has 0 atom stereocenters. The Bertz CT molecular complexity index is 559. The van der Waals surface area contributed by atoms with Crippen LogP contribution in [0.15, 0.2) is 36.9 Å². The number of H-pyrrole nitrogens is 1. The van der Waals surface area contributed by atoms with Crippen molar-refractivity contribution in [1.82, 2.24) is 9.97 Å². The molecule has 1 heterocycles. The van der Waals surface area contributed by atoms with Crippen molar-refractivity contribution in [2.75, 3.05) is 11.9 Å². The highest BCUT2D eigenvalue weighted by Crippen LogP contribution is 2.18. The smallest absolute Gasteiger partial charge is 0.199 e. The standard InChI is InChI=1S/C12H13N3S/c1-2-3-8-13-11-9-6-4-5-7-10(9)14-12(16)15-11/h2,4-7H,1,3,8H2,(H2,13,14,15,16). The molecule has 3 nitrogen and oxygen atoms in total. The molecule has 0 radical (unpaired) electrons. The minimum Gasteiger partial charge on any atom is -0.369 e. The molecule has 0 fully saturated rings. The second-order valence-electron chi connectivity index (χ2n) is 3.44. The van der Waals surface area contributed by atoms with E-state index in [0.717, 1.165) is 29.7 Å². The molecule has 0 amide bonds. The zero-order valence-electron chi connectivity index (χ0n) is 8.86. The van der Waals surface area contributed by atoms with E-state index >= 15 is 0 Å². The van der Waals surface area contributed by atoms with Gasteiger partial charge in [0.2, 0.25) is 0 Å². The van der Waals surface area contributed by atoms with Crippen molar-refractivity contribution in [3.63, 3.8) is 0 Å². The largest absolute Gasteiger partial charge is 0.369 e. The highest BCUT2D eigenvalue weighted by Gasteiger charge is 2.01. The van der Waals surface area contributed by atoms with E-state index < -0.39 is 0 Å². The van der Waals surface area contributed by atoms with Gasteiger partial charge in [-0.2, -0.15) is 0 Å². The predicted octanol–water partition coefficient (Wildman–Crippen LogP) is 3.28. The van der Waals surface area contributed by atoms with Gasteiger partial charge in [-0.05, 0) is 30.8 Å². The molecular weight excluding hydrogens is 218 g/mol. The molecule has 2 N–H and O–H groups in total. The van der Waals surface area contributed by atoms with Crippen LogP contribution in [0.3, 0.4) is 0 Å². The third-order valence-electron chi connectivity index (χ3n) is 2.28. The van der Waals surface area contributed by atoms with E-state index in [1.807, 2.05) is 30.3 Å². The second kappa shape index (κ2) is 4.90. The maximum absolute atomic E-state index is 5.08. The summed E-state index contributed by atoms with van der Waals surface area (Å²) in [6.45, 7) is 4.50. The van der Waals surface area contributed by atoms with Crippen LogP contribution in [0, 0.1) is 4.77 Å². The van der Waals surface area contributed by atoms with Gasteiger partial charge in [0.25, 0.3) is 0 Å². The number of fused-ring (bicyclic) bond motifs is 1. The topological polar surface area (TPSA) is 40.7 Å². The SMILES string of the molecule is C=CCCNc1nc(=S)[nH]c2ccccc12. The lowest BCUT2D eigenvalue weighted by Crippen LogP contribution is -2.03. The second-order valence-corrected chi connectivity index (χ2v) is 3.83. The highest BCUT2D eigenvalue weighted by atomic mass is 32.1. The summed E-state index contributed by atoms with van der Waals surface area (Å²) in [7, 11) is 0. The highest BCUT2D eigenvalue weighted by molar-refractivity contribution is 7.71. The fourth-order valence-corrected chi connectivity index (χ4v) is 1.73. The van der Waals surface area contributed by atoms with Crippen LogP contribution < -0.4 is 5.32 Å². The Hall–Kier alpha value is -1.68. The van der Waals surface area contributed by atoms with Crippen molar-refractivity contribution >= 4 is 28.9 Å². The van der Waals surface area contributed by atoms with Gasteiger partial charge in [-0.1, -0.05) is 18.2 Å². The van der Waals surface area contributed by atoms with Crippen molar-refractivity contribution < 1.29 is 0 Å². The molecule has 0 saturated heterocycles. The van der Waals surface area contributed by atoms with E-state index in [2.05, 4.69) is 21.9 Å². The Labute approximate surface area is 99.2 Å². The number of aromatic nitrogens is 2. The molecule has 0 aliphatic carbocycles. The van der Waals surface area contributed by atoms with Gasteiger partial charge in [-0.15, -0.1) is 6.58 Å². The minimum atomic E-state index is 0.500. The van der Waals surface area contributed by atoms with Crippen molar-refractivity contribution in [2.45, 2.75) is 6.42 Å². The minimum absolute atomic E-state index is 0.500. The van der Waals surface area contributed by atoms with Gasteiger partial charge in [-0.3, -0.25) is 0 Å². The lowest BCUT2D eigenvalue weighted by atomic mass is 10.2. The normalized spacial score (nSPS) is 10.2. The van der Waals surface area contributed by atoms with Gasteiger partial charge in [-0.25, -0.2) is 4.98 Å². The number of benzene rings is 1. The summed E-state index contributed by atoms with van der Waals surface area (Å²) >= 11 is 5.08. The van der Waals surface area contributed by atoms with Crippen LogP contribution in [0.4, 0.5) is 5.82 Å². The van der Waals surface area contributed by atoms with Gasteiger partial charge < -0.3 is 10.3 Å². The van der Waals surface area contributed by atoms with Crippen molar-refractivity contribution in [1.29, 1.82) is 0 Å². The zero-order chi connectivity index (χ0) is 11.4. The van der Waals surface area contributed by atoms with Crippen molar-refractivity contribution in [2.24, 2.45) is 0 Å². The van der Waals surface area contributed by atoms with Crippen LogP contribution in [0.1, 0.15) is 6.42 Å². The summed E-state index contributed by atoms with van der Waals surface area (Å²) in [6.07, 6.45) is 2.78. The average molecular weight is 231 g/mol. The number of anilines is 1. The van der Waals surface area contributed by atoms with Gasteiger partial charge in [0.05, 0.1) is 5.52 Å². The van der Waals surface area contributed by atoms with E-state index in [-0.39, 0.29) is 0 Å². The summed E-state index contributed by atoms with van der Waals surface area (Å²) in [5, 5.41) is 4.32. The van der Waals surface area contributed by atoms with Crippen LogP contribution >= 0.6 is 12.2 Å². The van der Waals surface area contributed by atoms with E-state index in [1.165, 1.54) is 0 Å². The van der Waals surface area contributed by atoms with E-state index in [4.69, 9.17) is 12.2 Å². The molecule has 4 heteroatoms. The number of hydrogen-bond acceptors (Lipinski definition) is 3. The van der Waals surface area contributed by atoms with Gasteiger partial charge in [0.15, 0.2) is 4.77 Å². The molecule has 0 bridgehead atoms. The first-order valence-electron chi connectivity index (χ1n) is 5.15. The van der Waals surface area contributed by atoms with Crippen LogP contribution in [0.2, 0.25) is 0 Å². The third kappa shape index (κ3) is 2.28. The van der Waals surface area contributed by atoms with Crippen LogP contribution in [0.25, 0.3) is 10.9 Å². The summed E-state index contributed by atoms with van der Waals surface area (Å²) in [4.78, 5) is 7.35. The van der Waals surface area contributed by atoms with Gasteiger partial charge in [0.1, 0.15) is 5.82 Å². The fourth-order valence-electron chi connectivity index (χ4n) is 1.53. The fraction of sp³-hybridized carbons (Fsp3) is 0.167. The Morgan fingerprint density at radius 1 is 1.44 bits per heavy atom. The first kappa shape index (κ1) is 10.8. The Kier molecular flexibility index (Phi) is 3.31. The first-order chi connectivity index (χ1) is 7.81. The molecule has 1 aromatic heterocycles. The molecule has 1 aromatic carbocycles. The summed E-state index contributed by atoms with van der Waals surface area (Å²) in [6, 6.07) is 7.97. The summed E-state index contributed by atoms with van der Waals surface area (Å²) in [5.74, 6) is 0.834. The van der Waals surface area contributed by atoms with Crippen LogP contribution in [-0.2, 0) is 0 Å². The molecule has 0 aliphatic heterocycles. The third-order valence-corrected chi connectivity index (χ3v) is 2.47. The monoisotopic (exact) mass is 231 g/mol. The Balaban J connectivity index is 2.42. The Morgan fingerprint density at radius 2 is 2.25 bits per heavy atom. The molecule has 16 heavy (non-hydrogen) atoms. The predicted molar refractivity (Wildman–Crippen MR) is 70.2 cm³/mol.